The highest BCUT2D eigenvalue weighted by Crippen LogP contribution is 2.15. The third-order valence-corrected chi connectivity index (χ3v) is 3.49. The number of likely N-dealkylation sites (tertiary alicyclic amines) is 1. The van der Waals surface area contributed by atoms with Gasteiger partial charge in [0.25, 0.3) is 0 Å². The van der Waals surface area contributed by atoms with Crippen molar-refractivity contribution in [3.63, 3.8) is 0 Å². The molecule has 0 saturated carbocycles. The summed E-state index contributed by atoms with van der Waals surface area (Å²) in [5, 5.41) is 3.30. The lowest BCUT2D eigenvalue weighted by Gasteiger charge is -2.31. The van der Waals surface area contributed by atoms with Crippen LogP contribution in [0.5, 0.6) is 0 Å². The minimum atomic E-state index is -0.239. The lowest BCUT2D eigenvalue weighted by Crippen LogP contribution is -2.42. The molecule has 0 atom stereocenters. The minimum absolute atomic E-state index is 0.233. The molecule has 1 aromatic heterocycles. The molecule has 2 heterocycles. The molecule has 3 N–H and O–H groups in total. The van der Waals surface area contributed by atoms with Crippen molar-refractivity contribution >= 4 is 29.1 Å². The van der Waals surface area contributed by atoms with Gasteiger partial charge in [0, 0.05) is 19.1 Å². The van der Waals surface area contributed by atoms with E-state index in [1.807, 2.05) is 6.92 Å². The van der Waals surface area contributed by atoms with Crippen molar-refractivity contribution in [2.24, 2.45) is 5.73 Å². The predicted molar refractivity (Wildman–Crippen MR) is 83.2 cm³/mol. The summed E-state index contributed by atoms with van der Waals surface area (Å²) < 4.78 is 4.99. The van der Waals surface area contributed by atoms with Gasteiger partial charge < -0.3 is 20.7 Å². The minimum Gasteiger partial charge on any atom is -0.450 e. The summed E-state index contributed by atoms with van der Waals surface area (Å²) in [6.07, 6.45) is 4.62. The van der Waals surface area contributed by atoms with Crippen molar-refractivity contribution in [3.8, 4) is 0 Å². The molecule has 1 aromatic rings. The summed E-state index contributed by atoms with van der Waals surface area (Å²) in [6, 6.07) is 0.264. The van der Waals surface area contributed by atoms with Gasteiger partial charge in [-0.15, -0.1) is 0 Å². The number of nitrogens with one attached hydrogen (secondary N) is 1. The molecule has 0 aliphatic carbocycles. The summed E-state index contributed by atoms with van der Waals surface area (Å²) in [4.78, 5) is 21.9. The Hall–Kier alpha value is -1.96. The standard InChI is InChI=1S/C13H19N5O2S/c1-2-20-13(19)18-5-3-9(4-6-18)17-11-8-15-10(7-16-11)12(14)21/h7-9H,2-6H2,1H3,(H2,14,21)(H,16,17). The average molecular weight is 309 g/mol. The molecule has 1 saturated heterocycles. The average Bonchev–Trinajstić information content (AvgIpc) is 2.49. The van der Waals surface area contributed by atoms with Crippen molar-refractivity contribution < 1.29 is 9.53 Å². The Kier molecular flexibility index (Phi) is 5.26. The highest BCUT2D eigenvalue weighted by atomic mass is 32.1. The lowest BCUT2D eigenvalue weighted by molar-refractivity contribution is 0.0983. The fourth-order valence-corrected chi connectivity index (χ4v) is 2.27. The highest BCUT2D eigenvalue weighted by molar-refractivity contribution is 7.80. The van der Waals surface area contributed by atoms with Crippen molar-refractivity contribution in [1.29, 1.82) is 0 Å². The number of carbonyl (C=O) groups is 1. The van der Waals surface area contributed by atoms with Gasteiger partial charge in [-0.05, 0) is 19.8 Å². The molecule has 1 aliphatic heterocycles. The molecular formula is C13H19N5O2S. The second-order valence-electron chi connectivity index (χ2n) is 4.76. The number of nitrogens with zero attached hydrogens (tertiary/aromatic N) is 3. The Morgan fingerprint density at radius 3 is 2.71 bits per heavy atom. The smallest absolute Gasteiger partial charge is 0.409 e. The van der Waals surface area contributed by atoms with Gasteiger partial charge in [0.15, 0.2) is 0 Å². The predicted octanol–water partition coefficient (Wildman–Crippen LogP) is 1.14. The van der Waals surface area contributed by atoms with Crippen LogP contribution in [0.4, 0.5) is 10.6 Å². The first-order valence-corrected chi connectivity index (χ1v) is 7.31. The summed E-state index contributed by atoms with van der Waals surface area (Å²) >= 11 is 4.83. The van der Waals surface area contributed by atoms with Gasteiger partial charge in [0.05, 0.1) is 19.0 Å². The van der Waals surface area contributed by atoms with E-state index < -0.39 is 0 Å². The maximum absolute atomic E-state index is 11.6. The largest absolute Gasteiger partial charge is 0.450 e. The van der Waals surface area contributed by atoms with Crippen LogP contribution in [0.1, 0.15) is 25.5 Å². The maximum atomic E-state index is 11.6. The van der Waals surface area contributed by atoms with Crippen LogP contribution in [0.25, 0.3) is 0 Å². The number of carbonyl (C=O) groups excluding carboxylic acids is 1. The first kappa shape index (κ1) is 15.4. The topological polar surface area (TPSA) is 93.4 Å². The number of hydrogen-bond donors (Lipinski definition) is 2. The lowest BCUT2D eigenvalue weighted by atomic mass is 10.1. The Morgan fingerprint density at radius 2 is 2.19 bits per heavy atom. The number of piperidine rings is 1. The summed E-state index contributed by atoms with van der Waals surface area (Å²) in [5.74, 6) is 0.685. The van der Waals surface area contributed by atoms with Gasteiger partial charge in [0.1, 0.15) is 16.5 Å². The molecule has 0 radical (unpaired) electrons. The van der Waals surface area contributed by atoms with Crippen LogP contribution in [-0.4, -0.2) is 51.7 Å². The summed E-state index contributed by atoms with van der Waals surface area (Å²) in [5.41, 5.74) is 5.98. The number of nitrogens with two attached hydrogens (primary N) is 1. The van der Waals surface area contributed by atoms with E-state index in [1.165, 1.54) is 0 Å². The van der Waals surface area contributed by atoms with E-state index in [2.05, 4.69) is 15.3 Å². The molecule has 1 amide bonds. The molecule has 0 bridgehead atoms. The van der Waals surface area contributed by atoms with Crippen LogP contribution in [-0.2, 0) is 4.74 Å². The van der Waals surface area contributed by atoms with Gasteiger partial charge in [-0.25, -0.2) is 14.8 Å². The molecule has 8 heteroatoms. The zero-order valence-corrected chi connectivity index (χ0v) is 12.7. The van der Waals surface area contributed by atoms with E-state index >= 15 is 0 Å². The van der Waals surface area contributed by atoms with Gasteiger partial charge in [-0.1, -0.05) is 12.2 Å². The normalized spacial score (nSPS) is 15.6. The van der Waals surface area contributed by atoms with Crippen molar-refractivity contribution in [1.82, 2.24) is 14.9 Å². The van der Waals surface area contributed by atoms with Gasteiger partial charge in [0.2, 0.25) is 0 Å². The first-order valence-electron chi connectivity index (χ1n) is 6.90. The van der Waals surface area contributed by atoms with E-state index in [4.69, 9.17) is 22.7 Å². The van der Waals surface area contributed by atoms with Crippen LogP contribution >= 0.6 is 12.2 Å². The van der Waals surface area contributed by atoms with Crippen LogP contribution in [0.3, 0.4) is 0 Å². The Bertz CT molecular complexity index is 500. The number of amides is 1. The zero-order chi connectivity index (χ0) is 15.2. The van der Waals surface area contributed by atoms with E-state index in [0.717, 1.165) is 12.8 Å². The summed E-state index contributed by atoms with van der Waals surface area (Å²) in [7, 11) is 0. The number of aromatic nitrogens is 2. The van der Waals surface area contributed by atoms with Crippen LogP contribution < -0.4 is 11.1 Å². The maximum Gasteiger partial charge on any atom is 0.409 e. The molecule has 114 valence electrons. The Balaban J connectivity index is 1.83. The third-order valence-electron chi connectivity index (χ3n) is 3.28. The third kappa shape index (κ3) is 4.25. The number of thiocarbonyl (C=S) groups is 1. The number of rotatable bonds is 4. The zero-order valence-electron chi connectivity index (χ0n) is 11.9. The molecule has 0 aromatic carbocycles. The molecule has 2 rings (SSSR count). The van der Waals surface area contributed by atoms with Crippen molar-refractivity contribution in [2.45, 2.75) is 25.8 Å². The molecule has 0 spiro atoms. The molecule has 7 nitrogen and oxygen atoms in total. The van der Waals surface area contributed by atoms with E-state index in [9.17, 15) is 4.79 Å². The molecule has 1 fully saturated rings. The number of hydrogen-bond acceptors (Lipinski definition) is 6. The monoisotopic (exact) mass is 309 g/mol. The summed E-state index contributed by atoms with van der Waals surface area (Å²) in [6.45, 7) is 3.56. The Morgan fingerprint density at radius 1 is 1.48 bits per heavy atom. The second kappa shape index (κ2) is 7.16. The van der Waals surface area contributed by atoms with Crippen LogP contribution in [0.2, 0.25) is 0 Å². The molecule has 0 unspecified atom stereocenters. The van der Waals surface area contributed by atoms with E-state index in [0.29, 0.717) is 31.2 Å². The SMILES string of the molecule is CCOC(=O)N1CCC(Nc2cnc(C(N)=S)cn2)CC1. The molecule has 1 aliphatic rings. The first-order chi connectivity index (χ1) is 10.1. The second-order valence-corrected chi connectivity index (χ2v) is 5.20. The van der Waals surface area contributed by atoms with Gasteiger partial charge in [-0.3, -0.25) is 0 Å². The number of anilines is 1. The van der Waals surface area contributed by atoms with Crippen molar-refractivity contribution in [2.75, 3.05) is 25.0 Å². The Labute approximate surface area is 128 Å². The number of ether oxygens (including phenoxy) is 1. The van der Waals surface area contributed by atoms with Crippen molar-refractivity contribution in [3.05, 3.63) is 18.1 Å². The van der Waals surface area contributed by atoms with Crippen LogP contribution in [0, 0.1) is 0 Å². The van der Waals surface area contributed by atoms with E-state index in [1.54, 1.807) is 17.3 Å². The molecule has 21 heavy (non-hydrogen) atoms. The van der Waals surface area contributed by atoms with Gasteiger partial charge in [-0.2, -0.15) is 0 Å². The quantitative estimate of drug-likeness (QED) is 0.806. The van der Waals surface area contributed by atoms with Crippen LogP contribution in [0.15, 0.2) is 12.4 Å². The molecular weight excluding hydrogens is 290 g/mol. The van der Waals surface area contributed by atoms with Gasteiger partial charge >= 0.3 is 6.09 Å². The van der Waals surface area contributed by atoms with E-state index in [-0.39, 0.29) is 17.1 Å². The highest BCUT2D eigenvalue weighted by Gasteiger charge is 2.23. The fourth-order valence-electron chi connectivity index (χ4n) is 2.16. The fraction of sp³-hybridized carbons (Fsp3) is 0.538.